The molecule has 0 N–H and O–H groups in total. The van der Waals surface area contributed by atoms with E-state index in [0.29, 0.717) is 0 Å². The molecule has 0 rings (SSSR count). The fraction of sp³-hybridized carbons (Fsp3) is 0. The summed E-state index contributed by atoms with van der Waals surface area (Å²) in [6.07, 6.45) is 0. The van der Waals surface area contributed by atoms with Crippen molar-refractivity contribution in [3.8, 4) is 0 Å². The molecule has 1 atom stereocenters. The van der Waals surface area contributed by atoms with Crippen LogP contribution in [0.15, 0.2) is 0 Å². The zero-order valence-electron chi connectivity index (χ0n) is 2.07. The van der Waals surface area contributed by atoms with Crippen LogP contribution < -0.4 is 24.8 Å². The van der Waals surface area contributed by atoms with Gasteiger partial charge >= 0.3 is 20.4 Å². The van der Waals surface area contributed by atoms with Gasteiger partial charge in [0.25, 0.3) is 0 Å². The number of hydrogen-bond acceptors (Lipinski definition) is 0. The Kier molecular flexibility index (Phi) is 249. The van der Waals surface area contributed by atoms with Crippen LogP contribution in [-0.2, 0) is 20.4 Å². The molecule has 0 bridgehead atoms. The van der Waals surface area contributed by atoms with Gasteiger partial charge in [0.05, 0.1) is 0 Å². The molecule has 32 valence electrons. The van der Waals surface area contributed by atoms with Gasteiger partial charge in [0.1, 0.15) is 0 Å². The summed E-state index contributed by atoms with van der Waals surface area (Å²) in [7, 11) is 0. The van der Waals surface area contributed by atoms with Gasteiger partial charge in [0.2, 0.25) is 0 Å². The predicted molar refractivity (Wildman–Crippen MR) is 12.5 cm³/mol. The summed E-state index contributed by atoms with van der Waals surface area (Å²) in [5, 5.41) is 0. The predicted octanol–water partition coefficient (Wildman–Crippen LogP) is -6.20. The van der Waals surface area contributed by atoms with Crippen molar-refractivity contribution in [1.82, 2.24) is 0 Å². The Balaban J connectivity index is 0. The molecule has 0 aliphatic rings. The average Bonchev–Trinajstić information content (AvgIpc) is 0. The normalized spacial score (nSPS) is 0. The molecule has 0 fully saturated rings. The molecular weight excluding hydrogens is 208 g/mol. The first-order chi connectivity index (χ1) is 0. The van der Waals surface area contributed by atoms with Crippen LogP contribution in [0.4, 0.5) is 0 Å². The van der Waals surface area contributed by atoms with Gasteiger partial charge in [-0.05, 0) is 9.90 Å². The Morgan fingerprint density at radius 3 is 0.750 bits per heavy atom. The molecule has 0 aromatic carbocycles. The SMILES string of the molecule is [Cl-].[Cl-].[PH4+].[Pd+2]. The fourth-order valence-corrected chi connectivity index (χ4v) is 0. The molecule has 0 aromatic rings. The van der Waals surface area contributed by atoms with Gasteiger partial charge < -0.3 is 24.8 Å². The minimum absolute atomic E-state index is 0. The third-order valence-electron chi connectivity index (χ3n) is 0. The van der Waals surface area contributed by atoms with Crippen molar-refractivity contribution >= 4 is 9.90 Å². The molecule has 0 aliphatic carbocycles. The standard InChI is InChI=1S/2ClH.H3P.Pd/h2*1H;1H3;/q;;;+2/p-1. The summed E-state index contributed by atoms with van der Waals surface area (Å²) >= 11 is 0. The zero-order valence-corrected chi connectivity index (χ0v) is 7.14. The first-order valence-electron chi connectivity index (χ1n) is 0. The Morgan fingerprint density at radius 1 is 0.750 bits per heavy atom. The van der Waals surface area contributed by atoms with Gasteiger partial charge in [-0.2, -0.15) is 0 Å². The van der Waals surface area contributed by atoms with E-state index in [1.807, 2.05) is 0 Å². The second-order valence-corrected chi connectivity index (χ2v) is 0. The van der Waals surface area contributed by atoms with E-state index in [0.717, 1.165) is 0 Å². The van der Waals surface area contributed by atoms with E-state index < -0.39 is 0 Å². The Hall–Kier alpha value is 1.67. The van der Waals surface area contributed by atoms with E-state index in [1.54, 1.807) is 0 Å². The van der Waals surface area contributed by atoms with E-state index in [9.17, 15) is 0 Å². The van der Waals surface area contributed by atoms with E-state index >= 15 is 0 Å². The zero-order chi connectivity index (χ0) is 0. The van der Waals surface area contributed by atoms with E-state index in [2.05, 4.69) is 0 Å². The third kappa shape index (κ3) is 9.38. The number of hydrogen-bond donors (Lipinski definition) is 0. The van der Waals surface area contributed by atoms with Crippen molar-refractivity contribution in [2.45, 2.75) is 0 Å². The molecule has 0 nitrogen and oxygen atoms in total. The molecule has 0 aromatic heterocycles. The molecule has 0 heterocycles. The van der Waals surface area contributed by atoms with Gasteiger partial charge in [0, 0.05) is 0 Å². The van der Waals surface area contributed by atoms with Crippen molar-refractivity contribution in [2.75, 3.05) is 0 Å². The van der Waals surface area contributed by atoms with Gasteiger partial charge in [-0.1, -0.05) is 0 Å². The minimum atomic E-state index is 0. The number of halogens is 2. The summed E-state index contributed by atoms with van der Waals surface area (Å²) in [4.78, 5) is 0. The Bertz CT molecular complexity index is 6.00. The maximum absolute atomic E-state index is 0. The third-order valence-corrected chi connectivity index (χ3v) is 0. The van der Waals surface area contributed by atoms with Gasteiger partial charge in [-0.15, -0.1) is 0 Å². The van der Waals surface area contributed by atoms with Crippen molar-refractivity contribution in [3.63, 3.8) is 0 Å². The smallest absolute Gasteiger partial charge is 1.00 e. The molecule has 0 radical (unpaired) electrons. The van der Waals surface area contributed by atoms with Crippen LogP contribution in [0, 0.1) is 0 Å². The molecule has 0 spiro atoms. The van der Waals surface area contributed by atoms with Crippen LogP contribution in [0.3, 0.4) is 0 Å². The quantitative estimate of drug-likeness (QED) is 0.277. The van der Waals surface area contributed by atoms with Crippen LogP contribution in [0.5, 0.6) is 0 Å². The molecule has 0 saturated carbocycles. The molecule has 4 heteroatoms. The topological polar surface area (TPSA) is 0 Å². The van der Waals surface area contributed by atoms with Crippen LogP contribution in [-0.4, -0.2) is 0 Å². The number of rotatable bonds is 0. The molecule has 1 unspecified atom stereocenters. The fourth-order valence-electron chi connectivity index (χ4n) is 0. The molecule has 4 heavy (non-hydrogen) atoms. The average molecular weight is 212 g/mol. The maximum Gasteiger partial charge on any atom is 2.00 e. The molecule has 0 amide bonds. The van der Waals surface area contributed by atoms with E-state index in [-0.39, 0.29) is 55.1 Å². The largest absolute Gasteiger partial charge is 2.00 e. The van der Waals surface area contributed by atoms with Crippen molar-refractivity contribution in [3.05, 3.63) is 0 Å². The van der Waals surface area contributed by atoms with Crippen LogP contribution in [0.25, 0.3) is 0 Å². The molecule has 0 aliphatic heterocycles. The second kappa shape index (κ2) is 22.5. The first-order valence-corrected chi connectivity index (χ1v) is 0. The second-order valence-electron chi connectivity index (χ2n) is 0. The monoisotopic (exact) mass is 211 g/mol. The maximum atomic E-state index is 0. The minimum Gasteiger partial charge on any atom is -1.00 e. The summed E-state index contributed by atoms with van der Waals surface area (Å²) in [5.41, 5.74) is 0. The van der Waals surface area contributed by atoms with Crippen LogP contribution >= 0.6 is 9.90 Å². The van der Waals surface area contributed by atoms with Crippen LogP contribution in [0.2, 0.25) is 0 Å². The van der Waals surface area contributed by atoms with Gasteiger partial charge in [0.15, 0.2) is 0 Å². The molecular formula is H4Cl2PPd+. The van der Waals surface area contributed by atoms with Gasteiger partial charge in [-0.25, -0.2) is 0 Å². The Morgan fingerprint density at radius 2 is 0.750 bits per heavy atom. The van der Waals surface area contributed by atoms with E-state index in [1.165, 1.54) is 0 Å². The molecule has 0 saturated heterocycles. The van der Waals surface area contributed by atoms with Crippen molar-refractivity contribution in [2.24, 2.45) is 0 Å². The van der Waals surface area contributed by atoms with E-state index in [4.69, 9.17) is 0 Å². The van der Waals surface area contributed by atoms with Gasteiger partial charge in [-0.3, -0.25) is 0 Å². The Labute approximate surface area is 55.2 Å². The van der Waals surface area contributed by atoms with Crippen molar-refractivity contribution < 1.29 is 45.2 Å². The summed E-state index contributed by atoms with van der Waals surface area (Å²) in [5.74, 6) is 0. The van der Waals surface area contributed by atoms with Crippen molar-refractivity contribution in [1.29, 1.82) is 0 Å². The summed E-state index contributed by atoms with van der Waals surface area (Å²) in [6, 6.07) is 0. The summed E-state index contributed by atoms with van der Waals surface area (Å²) in [6.45, 7) is 0. The van der Waals surface area contributed by atoms with Crippen LogP contribution in [0.1, 0.15) is 0 Å². The summed E-state index contributed by atoms with van der Waals surface area (Å²) < 4.78 is 0. The first kappa shape index (κ1) is 44.3.